The van der Waals surface area contributed by atoms with E-state index in [2.05, 4.69) is 48.6 Å². The highest BCUT2D eigenvalue weighted by Crippen LogP contribution is 2.28. The van der Waals surface area contributed by atoms with Gasteiger partial charge >= 0.3 is 0 Å². The van der Waals surface area contributed by atoms with E-state index in [1.54, 1.807) is 26.4 Å². The van der Waals surface area contributed by atoms with Crippen molar-refractivity contribution in [2.75, 3.05) is 93.5 Å². The molecule has 0 saturated carbocycles. The van der Waals surface area contributed by atoms with Gasteiger partial charge in [0.05, 0.1) is 104 Å². The number of nitriles is 2. The maximum Gasteiger partial charge on any atom is 0.124 e. The Morgan fingerprint density at radius 3 is 1.43 bits per heavy atom. The van der Waals surface area contributed by atoms with Crippen molar-refractivity contribution in [1.82, 2.24) is 0 Å². The molecule has 51 heavy (non-hydrogen) atoms. The molecule has 0 bridgehead atoms. The van der Waals surface area contributed by atoms with Gasteiger partial charge in [-0.25, -0.2) is 0 Å². The van der Waals surface area contributed by atoms with Gasteiger partial charge in [0.2, 0.25) is 0 Å². The summed E-state index contributed by atoms with van der Waals surface area (Å²) in [5, 5.41) is 36.9. The van der Waals surface area contributed by atoms with Crippen molar-refractivity contribution < 1.29 is 48.1 Å². The Balaban J connectivity index is 0.000000892. The summed E-state index contributed by atoms with van der Waals surface area (Å²) >= 11 is 2.34. The van der Waals surface area contributed by atoms with E-state index >= 15 is 0 Å². The fourth-order valence-corrected chi connectivity index (χ4v) is 4.11. The highest BCUT2D eigenvalue weighted by Gasteiger charge is 2.17. The zero-order valence-corrected chi connectivity index (χ0v) is 33.4. The van der Waals surface area contributed by atoms with Crippen LogP contribution in [0.1, 0.15) is 55.9 Å². The third-order valence-electron chi connectivity index (χ3n) is 6.58. The highest BCUT2D eigenvalue weighted by molar-refractivity contribution is 14.1. The predicted molar refractivity (Wildman–Crippen MR) is 204 cm³/mol. The Bertz CT molecular complexity index is 1220. The zero-order valence-electron chi connectivity index (χ0n) is 31.2. The van der Waals surface area contributed by atoms with Crippen molar-refractivity contribution in [3.05, 3.63) is 58.7 Å². The van der Waals surface area contributed by atoms with E-state index in [4.69, 9.17) is 43.2 Å². The molecule has 0 saturated heterocycles. The molecule has 1 unspecified atom stereocenters. The first-order valence-electron chi connectivity index (χ1n) is 17.1. The largest absolute Gasteiger partial charge is 0.491 e. The van der Waals surface area contributed by atoms with E-state index in [1.807, 2.05) is 38.1 Å². The molecule has 1 atom stereocenters. The first-order valence-corrected chi connectivity index (χ1v) is 18.3. The van der Waals surface area contributed by atoms with Gasteiger partial charge in [0, 0.05) is 29.3 Å². The van der Waals surface area contributed by atoms with Crippen LogP contribution in [0.3, 0.4) is 0 Å². The van der Waals surface area contributed by atoms with Crippen molar-refractivity contribution >= 4 is 22.6 Å². The molecule has 2 rings (SSSR count). The molecule has 2 aromatic rings. The highest BCUT2D eigenvalue weighted by atomic mass is 127. The van der Waals surface area contributed by atoms with Crippen LogP contribution in [-0.4, -0.2) is 108 Å². The molecule has 0 aliphatic heterocycles. The lowest BCUT2D eigenvalue weighted by Crippen LogP contribution is -2.13. The second kappa shape index (κ2) is 33.3. The minimum absolute atomic E-state index is 0.122. The summed E-state index contributed by atoms with van der Waals surface area (Å²) in [7, 11) is 3.26. The summed E-state index contributed by atoms with van der Waals surface area (Å²) in [6.07, 6.45) is 0.319. The van der Waals surface area contributed by atoms with E-state index in [9.17, 15) is 15.5 Å². The van der Waals surface area contributed by atoms with E-state index in [0.29, 0.717) is 108 Å². The van der Waals surface area contributed by atoms with Gasteiger partial charge in [0.25, 0.3) is 0 Å². The van der Waals surface area contributed by atoms with Crippen LogP contribution in [-0.2, 0) is 48.1 Å². The van der Waals surface area contributed by atoms with Gasteiger partial charge in [0.1, 0.15) is 24.7 Å². The van der Waals surface area contributed by atoms with Crippen molar-refractivity contribution in [2.24, 2.45) is 5.92 Å². The molecule has 0 heterocycles. The Morgan fingerprint density at radius 1 is 0.627 bits per heavy atom. The van der Waals surface area contributed by atoms with Crippen LogP contribution >= 0.6 is 22.6 Å². The topological polar surface area (TPSA) is 162 Å². The number of ether oxygens (including phenoxy) is 8. The molecule has 0 aliphatic rings. The lowest BCUT2D eigenvalue weighted by Gasteiger charge is -2.16. The first-order chi connectivity index (χ1) is 24.7. The van der Waals surface area contributed by atoms with E-state index in [1.165, 1.54) is 0 Å². The molecule has 0 aromatic heterocycles. The molecule has 0 aliphatic carbocycles. The summed E-state index contributed by atoms with van der Waals surface area (Å²) in [4.78, 5) is 0. The molecule has 12 nitrogen and oxygen atoms in total. The molecule has 0 amide bonds. The second-order valence-electron chi connectivity index (χ2n) is 11.5. The SMILES string of the molecule is CC(C)I.COCCOCCOCCOc1ccc(C(C#N)C(C)C)cc1CO.COCCOCCOCCOc1ccc(CC#N)cc1CO. The molecule has 2 N–H and O–H groups in total. The van der Waals surface area contributed by atoms with Crippen LogP contribution in [0.15, 0.2) is 36.4 Å². The molecule has 2 aromatic carbocycles. The van der Waals surface area contributed by atoms with Gasteiger partial charge in [0.15, 0.2) is 0 Å². The summed E-state index contributed by atoms with van der Waals surface area (Å²) in [5.74, 6) is 1.25. The van der Waals surface area contributed by atoms with Crippen LogP contribution in [0.4, 0.5) is 0 Å². The van der Waals surface area contributed by atoms with Crippen LogP contribution < -0.4 is 9.47 Å². The Morgan fingerprint density at radius 2 is 1.04 bits per heavy atom. The number of aliphatic hydroxyl groups is 2. The molecule has 0 radical (unpaired) electrons. The third kappa shape index (κ3) is 25.1. The summed E-state index contributed by atoms with van der Waals surface area (Å²) in [6.45, 7) is 14.0. The van der Waals surface area contributed by atoms with Crippen molar-refractivity contribution in [1.29, 1.82) is 10.5 Å². The monoisotopic (exact) mass is 830 g/mol. The Hall–Kier alpha value is -2.57. The number of rotatable bonds is 25. The molecule has 0 fully saturated rings. The molecule has 288 valence electrons. The average molecular weight is 831 g/mol. The van der Waals surface area contributed by atoms with Crippen LogP contribution in [0.5, 0.6) is 11.5 Å². The van der Waals surface area contributed by atoms with Crippen LogP contribution in [0, 0.1) is 28.6 Å². The van der Waals surface area contributed by atoms with Crippen molar-refractivity contribution in [3.63, 3.8) is 0 Å². The summed E-state index contributed by atoms with van der Waals surface area (Å²) < 4.78 is 43.1. The standard InChI is InChI=1S/C19H29NO5.C16H23NO5.C3H7I/c1-15(2)18(13-20)16-4-5-19(17(12-16)14-21)25-11-10-24-9-8-23-7-6-22-3;1-19-6-7-20-8-9-21-10-11-22-16-3-2-14(4-5-17)12-15(16)13-18;1-3(2)4/h4-5,12,15,18,21H,6-11,14H2,1-3H3;2-3,12,18H,4,6-11,13H2,1H3;3H,1-2H3. The predicted octanol–water partition coefficient (Wildman–Crippen LogP) is 5.63. The molecule has 13 heteroatoms. The lowest BCUT2D eigenvalue weighted by atomic mass is 9.89. The zero-order chi connectivity index (χ0) is 38.1. The number of alkyl halides is 1. The van der Waals surface area contributed by atoms with E-state index in [-0.39, 0.29) is 25.0 Å². The number of nitrogens with zero attached hydrogens (tertiary/aromatic N) is 2. The van der Waals surface area contributed by atoms with Gasteiger partial charge in [-0.15, -0.1) is 0 Å². The number of halogens is 1. The minimum Gasteiger partial charge on any atom is -0.491 e. The van der Waals surface area contributed by atoms with Crippen molar-refractivity contribution in [2.45, 2.75) is 57.2 Å². The van der Waals surface area contributed by atoms with Gasteiger partial charge < -0.3 is 48.1 Å². The molecular formula is C38H59IN2O10. The van der Waals surface area contributed by atoms with Gasteiger partial charge in [-0.1, -0.05) is 62.4 Å². The quantitative estimate of drug-likeness (QED) is 0.0722. The second-order valence-corrected chi connectivity index (χ2v) is 13.9. The molecular weight excluding hydrogens is 771 g/mol. The minimum atomic E-state index is -0.194. The first kappa shape index (κ1) is 48.4. The maximum atomic E-state index is 9.56. The fourth-order valence-electron chi connectivity index (χ4n) is 4.11. The number of hydrogen-bond acceptors (Lipinski definition) is 12. The van der Waals surface area contributed by atoms with Crippen LogP contribution in [0.25, 0.3) is 0 Å². The Labute approximate surface area is 319 Å². The third-order valence-corrected chi connectivity index (χ3v) is 6.58. The van der Waals surface area contributed by atoms with E-state index < -0.39 is 0 Å². The van der Waals surface area contributed by atoms with Gasteiger partial charge in [-0.3, -0.25) is 0 Å². The van der Waals surface area contributed by atoms with E-state index in [0.717, 1.165) is 15.1 Å². The van der Waals surface area contributed by atoms with Gasteiger partial charge in [-0.2, -0.15) is 10.5 Å². The number of hydrogen-bond donors (Lipinski definition) is 2. The smallest absolute Gasteiger partial charge is 0.124 e. The summed E-state index contributed by atoms with van der Waals surface area (Å²) in [5.41, 5.74) is 3.12. The lowest BCUT2D eigenvalue weighted by molar-refractivity contribution is 0.0178. The normalized spacial score (nSPS) is 11.2. The maximum absolute atomic E-state index is 9.56. The van der Waals surface area contributed by atoms with Gasteiger partial charge in [-0.05, 0) is 41.3 Å². The number of aliphatic hydroxyl groups excluding tert-OH is 2. The number of methoxy groups -OCH3 is 2. The molecule has 0 spiro atoms. The van der Waals surface area contributed by atoms with Crippen molar-refractivity contribution in [3.8, 4) is 23.6 Å². The summed E-state index contributed by atoms with van der Waals surface area (Å²) in [6, 6.07) is 15.3. The number of benzene rings is 2. The van der Waals surface area contributed by atoms with Crippen LogP contribution in [0.2, 0.25) is 0 Å². The fraction of sp³-hybridized carbons (Fsp3) is 0.632. The Kier molecular flexibility index (Phi) is 31.6. The average Bonchev–Trinajstić information content (AvgIpc) is 3.11.